The number of carbonyl (C=O) groups excluding carboxylic acids is 3. The molecule has 0 saturated carbocycles. The zero-order valence-corrected chi connectivity index (χ0v) is 18.0. The van der Waals surface area contributed by atoms with Crippen LogP contribution in [0.4, 0.5) is 0 Å². The van der Waals surface area contributed by atoms with Gasteiger partial charge in [0.25, 0.3) is 0 Å². The fraction of sp³-hybridized carbons (Fsp3) is 0.667. The number of nitrogens with one attached hydrogen (secondary N) is 3. The second-order valence-corrected chi connectivity index (χ2v) is 7.29. The predicted octanol–water partition coefficient (Wildman–Crippen LogP) is -3.72. The summed E-state index contributed by atoms with van der Waals surface area (Å²) in [6.45, 7) is 0.186. The molecule has 0 rings (SSSR count). The van der Waals surface area contributed by atoms with Crippen LogP contribution in [0, 0.1) is 0 Å². The Kier molecular flexibility index (Phi) is 13.9. The lowest BCUT2D eigenvalue weighted by molar-refractivity contribution is -0.143. The summed E-state index contributed by atoms with van der Waals surface area (Å²) in [7, 11) is 0. The van der Waals surface area contributed by atoms with Gasteiger partial charge >= 0.3 is 17.9 Å². The number of nitrogens with two attached hydrogens (primary N) is 3. The molecule has 0 aromatic rings. The van der Waals surface area contributed by atoms with Gasteiger partial charge in [0.2, 0.25) is 17.7 Å². The van der Waals surface area contributed by atoms with Crippen molar-refractivity contribution >= 4 is 35.6 Å². The molecule has 0 aliphatic heterocycles. The second-order valence-electron chi connectivity index (χ2n) is 7.29. The molecule has 4 atom stereocenters. The van der Waals surface area contributed by atoms with Crippen LogP contribution in [0.1, 0.15) is 38.5 Å². The van der Waals surface area contributed by atoms with Gasteiger partial charge in [-0.1, -0.05) is 0 Å². The summed E-state index contributed by atoms with van der Waals surface area (Å²) >= 11 is 0. The van der Waals surface area contributed by atoms with Crippen LogP contribution in [0.15, 0.2) is 0 Å². The van der Waals surface area contributed by atoms with E-state index in [0.717, 1.165) is 0 Å². The topological polar surface area (TPSA) is 277 Å². The molecule has 0 fully saturated rings. The minimum Gasteiger partial charge on any atom is -0.480 e. The number of carboxylic acid groups (broad SMARTS) is 3. The van der Waals surface area contributed by atoms with Gasteiger partial charge in [-0.25, -0.2) is 4.79 Å². The van der Waals surface area contributed by atoms with Crippen LogP contribution in [0.2, 0.25) is 0 Å². The summed E-state index contributed by atoms with van der Waals surface area (Å²) < 4.78 is 0. The molecule has 0 unspecified atom stereocenters. The summed E-state index contributed by atoms with van der Waals surface area (Å²) in [5.41, 5.74) is 16.3. The van der Waals surface area contributed by atoms with E-state index in [1.165, 1.54) is 0 Å². The van der Waals surface area contributed by atoms with Crippen molar-refractivity contribution in [1.29, 1.82) is 0 Å². The second kappa shape index (κ2) is 15.5. The third-order valence-corrected chi connectivity index (χ3v) is 4.41. The highest BCUT2D eigenvalue weighted by Crippen LogP contribution is 2.00. The SMILES string of the molecule is N[C@@H](CCCNC(=O)C[C@H](NC(=O)[C@@H](N)CCCNC(=O)C[C@H](N)C(=O)O)C(=O)O)C(=O)O. The Labute approximate surface area is 189 Å². The molecule has 0 spiro atoms. The number of amides is 3. The van der Waals surface area contributed by atoms with Gasteiger partial charge < -0.3 is 48.5 Å². The van der Waals surface area contributed by atoms with Crippen molar-refractivity contribution in [1.82, 2.24) is 16.0 Å². The van der Waals surface area contributed by atoms with Crippen molar-refractivity contribution in [2.24, 2.45) is 17.2 Å². The van der Waals surface area contributed by atoms with Crippen LogP contribution in [-0.4, -0.2) is 88.2 Å². The maximum Gasteiger partial charge on any atom is 0.326 e. The quantitative estimate of drug-likeness (QED) is 0.0916. The number of hydrogen-bond acceptors (Lipinski definition) is 9. The summed E-state index contributed by atoms with van der Waals surface area (Å²) in [6, 6.07) is -5.02. The van der Waals surface area contributed by atoms with Gasteiger partial charge in [-0.05, 0) is 25.7 Å². The first-order valence-electron chi connectivity index (χ1n) is 10.1. The highest BCUT2D eigenvalue weighted by Gasteiger charge is 2.25. The molecule has 0 saturated heterocycles. The molecule has 0 radical (unpaired) electrons. The molecule has 0 bridgehead atoms. The van der Waals surface area contributed by atoms with Gasteiger partial charge in [-0.15, -0.1) is 0 Å². The number of rotatable bonds is 17. The van der Waals surface area contributed by atoms with Crippen LogP contribution in [0.25, 0.3) is 0 Å². The van der Waals surface area contributed by atoms with E-state index in [0.29, 0.717) is 0 Å². The number of aliphatic carboxylic acids is 3. The smallest absolute Gasteiger partial charge is 0.326 e. The van der Waals surface area contributed by atoms with E-state index in [9.17, 15) is 33.9 Å². The fourth-order valence-corrected chi connectivity index (χ4v) is 2.45. The molecule has 0 aromatic carbocycles. The van der Waals surface area contributed by atoms with Gasteiger partial charge in [-0.2, -0.15) is 0 Å². The normalized spacial score (nSPS) is 14.3. The number of carbonyl (C=O) groups is 6. The molecule has 15 nitrogen and oxygen atoms in total. The van der Waals surface area contributed by atoms with Crippen LogP contribution >= 0.6 is 0 Å². The number of carboxylic acids is 3. The predicted molar refractivity (Wildman–Crippen MR) is 112 cm³/mol. The lowest BCUT2D eigenvalue weighted by Gasteiger charge is -2.18. The Morgan fingerprint density at radius 3 is 1.55 bits per heavy atom. The van der Waals surface area contributed by atoms with E-state index in [1.54, 1.807) is 0 Å². The third-order valence-electron chi connectivity index (χ3n) is 4.41. The highest BCUT2D eigenvalue weighted by atomic mass is 16.4. The van der Waals surface area contributed by atoms with Gasteiger partial charge in [0, 0.05) is 13.1 Å². The maximum atomic E-state index is 12.1. The largest absolute Gasteiger partial charge is 0.480 e. The first-order chi connectivity index (χ1) is 15.3. The Bertz CT molecular complexity index is 718. The Hall–Kier alpha value is -3.30. The minimum atomic E-state index is -1.53. The maximum absolute atomic E-state index is 12.1. The lowest BCUT2D eigenvalue weighted by Crippen LogP contribution is -2.50. The van der Waals surface area contributed by atoms with E-state index < -0.39 is 72.6 Å². The molecule has 0 heterocycles. The van der Waals surface area contributed by atoms with Crippen LogP contribution in [0.5, 0.6) is 0 Å². The Morgan fingerprint density at radius 2 is 1.09 bits per heavy atom. The molecule has 0 aliphatic rings. The summed E-state index contributed by atoms with van der Waals surface area (Å²) in [5.74, 6) is -5.97. The standard InChI is InChI=1S/C18H32N6O9/c19-9(3-1-5-22-13(25)7-11(21)17(30)31)15(27)24-12(18(32)33)8-14(26)23-6-2-4-10(20)16(28)29/h9-12H,1-8,19-21H2,(H,22,25)(H,23,26)(H,24,27)(H,28,29)(H,30,31)(H,32,33)/t9-,10-,11-,12-/m0/s1. The molecule has 33 heavy (non-hydrogen) atoms. The van der Waals surface area contributed by atoms with Gasteiger partial charge in [0.15, 0.2) is 0 Å². The van der Waals surface area contributed by atoms with Crippen molar-refractivity contribution in [2.45, 2.75) is 62.7 Å². The zero-order valence-electron chi connectivity index (χ0n) is 18.0. The van der Waals surface area contributed by atoms with Crippen molar-refractivity contribution < 1.29 is 44.1 Å². The molecule has 12 N–H and O–H groups in total. The van der Waals surface area contributed by atoms with Crippen LogP contribution in [-0.2, 0) is 28.8 Å². The van der Waals surface area contributed by atoms with Gasteiger partial charge in [0.05, 0.1) is 18.9 Å². The van der Waals surface area contributed by atoms with E-state index in [-0.39, 0.29) is 38.8 Å². The Balaban J connectivity index is 4.32. The van der Waals surface area contributed by atoms with Crippen molar-refractivity contribution in [3.05, 3.63) is 0 Å². The molecular formula is C18H32N6O9. The first kappa shape index (κ1) is 29.7. The first-order valence-corrected chi connectivity index (χ1v) is 10.1. The molecule has 3 amide bonds. The van der Waals surface area contributed by atoms with Gasteiger partial charge in [-0.3, -0.25) is 24.0 Å². The number of hydrogen-bond donors (Lipinski definition) is 9. The average molecular weight is 476 g/mol. The summed E-state index contributed by atoms with van der Waals surface area (Å²) in [4.78, 5) is 68.1. The van der Waals surface area contributed by atoms with E-state index in [2.05, 4.69) is 16.0 Å². The molecule has 188 valence electrons. The monoisotopic (exact) mass is 476 g/mol. The van der Waals surface area contributed by atoms with Crippen molar-refractivity contribution in [2.75, 3.05) is 13.1 Å². The molecule has 15 heteroatoms. The zero-order chi connectivity index (χ0) is 25.6. The molecule has 0 aliphatic carbocycles. The van der Waals surface area contributed by atoms with E-state index >= 15 is 0 Å². The molecule has 0 aromatic heterocycles. The minimum absolute atomic E-state index is 0.0828. The third kappa shape index (κ3) is 13.7. The van der Waals surface area contributed by atoms with Crippen molar-refractivity contribution in [3.8, 4) is 0 Å². The van der Waals surface area contributed by atoms with E-state index in [1.807, 2.05) is 0 Å². The van der Waals surface area contributed by atoms with E-state index in [4.69, 9.17) is 27.4 Å². The molecular weight excluding hydrogens is 444 g/mol. The van der Waals surface area contributed by atoms with Crippen LogP contribution < -0.4 is 33.2 Å². The Morgan fingerprint density at radius 1 is 0.636 bits per heavy atom. The summed E-state index contributed by atoms with van der Waals surface area (Å²) in [6.07, 6.45) is -0.239. The average Bonchev–Trinajstić information content (AvgIpc) is 2.72. The summed E-state index contributed by atoms with van der Waals surface area (Å²) in [5, 5.41) is 33.5. The highest BCUT2D eigenvalue weighted by molar-refractivity contribution is 5.90. The van der Waals surface area contributed by atoms with Crippen LogP contribution in [0.3, 0.4) is 0 Å². The van der Waals surface area contributed by atoms with Crippen molar-refractivity contribution in [3.63, 3.8) is 0 Å². The van der Waals surface area contributed by atoms with Gasteiger partial charge in [0.1, 0.15) is 18.1 Å². The fourth-order valence-electron chi connectivity index (χ4n) is 2.45. The lowest BCUT2D eigenvalue weighted by atomic mass is 10.1.